The summed E-state index contributed by atoms with van der Waals surface area (Å²) in [5.41, 5.74) is 12.6. The van der Waals surface area contributed by atoms with Crippen molar-refractivity contribution in [1.82, 2.24) is 24.8 Å². The van der Waals surface area contributed by atoms with Crippen LogP contribution >= 0.6 is 0 Å². The number of aromatic nitrogens is 3. The highest BCUT2D eigenvalue weighted by atomic mass is 16.5. The summed E-state index contributed by atoms with van der Waals surface area (Å²) in [7, 11) is 9.50. The van der Waals surface area contributed by atoms with E-state index < -0.39 is 6.23 Å². The highest BCUT2D eigenvalue weighted by Gasteiger charge is 2.18. The number of nitrogens with two attached hydrogens (primary N) is 1. The molecule has 0 aliphatic carbocycles. The van der Waals surface area contributed by atoms with Gasteiger partial charge >= 0.3 is 0 Å². The Hall–Kier alpha value is -3.86. The Morgan fingerprint density at radius 2 is 1.92 bits per heavy atom. The zero-order valence-corrected chi connectivity index (χ0v) is 23.7. The van der Waals surface area contributed by atoms with Crippen molar-refractivity contribution in [3.05, 3.63) is 54.4 Å². The topological polar surface area (TPSA) is 117 Å². The number of methoxy groups -OCH3 is 1. The number of aliphatic hydroxyl groups is 1. The van der Waals surface area contributed by atoms with Crippen LogP contribution in [0.1, 0.15) is 12.5 Å². The van der Waals surface area contributed by atoms with E-state index in [0.29, 0.717) is 29.6 Å². The van der Waals surface area contributed by atoms with Gasteiger partial charge in [-0.1, -0.05) is 25.1 Å². The lowest BCUT2D eigenvalue weighted by Crippen LogP contribution is -2.29. The molecule has 39 heavy (non-hydrogen) atoms. The van der Waals surface area contributed by atoms with Gasteiger partial charge in [-0.05, 0) is 45.3 Å². The van der Waals surface area contributed by atoms with Gasteiger partial charge in [0.25, 0.3) is 0 Å². The first-order chi connectivity index (χ1) is 18.7. The van der Waals surface area contributed by atoms with E-state index in [1.807, 2.05) is 57.8 Å². The van der Waals surface area contributed by atoms with Crippen LogP contribution in [0.4, 0.5) is 23.0 Å². The molecule has 2 aromatic carbocycles. The third-order valence-electron chi connectivity index (χ3n) is 6.88. The maximum absolute atomic E-state index is 10.2. The van der Waals surface area contributed by atoms with Gasteiger partial charge in [-0.15, -0.1) is 0 Å². The number of nitrogens with one attached hydrogen (secondary N) is 2. The fourth-order valence-corrected chi connectivity index (χ4v) is 4.60. The van der Waals surface area contributed by atoms with E-state index in [-0.39, 0.29) is 0 Å². The molecule has 2 aromatic heterocycles. The molecule has 0 aliphatic heterocycles. The van der Waals surface area contributed by atoms with Crippen LogP contribution in [-0.2, 0) is 13.0 Å². The molecule has 0 radical (unpaired) electrons. The SMILES string of the molecule is CCc1cnc(Nc2cc(N)c(N(C)CCN(C)C)cc2OC)nc1-c1cn(CC(O)NC)c2ccccc12. The van der Waals surface area contributed by atoms with Crippen molar-refractivity contribution in [1.29, 1.82) is 0 Å². The first-order valence-corrected chi connectivity index (χ1v) is 13.2. The van der Waals surface area contributed by atoms with Gasteiger partial charge in [0, 0.05) is 55.1 Å². The third kappa shape index (κ3) is 6.25. The Kier molecular flexibility index (Phi) is 8.90. The molecule has 0 fully saturated rings. The molecule has 1 atom stereocenters. The normalized spacial score (nSPS) is 12.2. The number of likely N-dealkylation sites (N-methyl/N-ethyl adjacent to an activating group) is 3. The fraction of sp³-hybridized carbons (Fsp3) is 0.379. The number of rotatable bonds is 12. The Morgan fingerprint density at radius 1 is 1.15 bits per heavy atom. The van der Waals surface area contributed by atoms with Crippen LogP contribution in [0.15, 0.2) is 48.8 Å². The molecular weight excluding hydrogens is 492 g/mol. The Morgan fingerprint density at radius 3 is 2.62 bits per heavy atom. The lowest BCUT2D eigenvalue weighted by atomic mass is 10.0. The largest absolute Gasteiger partial charge is 0.494 e. The number of para-hydroxylation sites is 1. The third-order valence-corrected chi connectivity index (χ3v) is 6.88. The number of hydrogen-bond acceptors (Lipinski definition) is 9. The molecule has 4 aromatic rings. The first-order valence-electron chi connectivity index (χ1n) is 13.2. The van der Waals surface area contributed by atoms with Gasteiger partial charge in [0.2, 0.25) is 5.95 Å². The Balaban J connectivity index is 1.71. The molecule has 10 nitrogen and oxygen atoms in total. The quantitative estimate of drug-likeness (QED) is 0.161. The Labute approximate surface area is 230 Å². The van der Waals surface area contributed by atoms with Crippen molar-refractivity contribution in [2.75, 3.05) is 64.3 Å². The van der Waals surface area contributed by atoms with Gasteiger partial charge in [-0.2, -0.15) is 0 Å². The van der Waals surface area contributed by atoms with Gasteiger partial charge in [-0.25, -0.2) is 9.97 Å². The van der Waals surface area contributed by atoms with Crippen LogP contribution in [0.2, 0.25) is 0 Å². The molecule has 2 heterocycles. The summed E-state index contributed by atoms with van der Waals surface area (Å²) >= 11 is 0. The van der Waals surface area contributed by atoms with Crippen LogP contribution in [0.5, 0.6) is 5.75 Å². The van der Waals surface area contributed by atoms with E-state index in [0.717, 1.165) is 52.9 Å². The number of aryl methyl sites for hydroxylation is 1. The van der Waals surface area contributed by atoms with E-state index >= 15 is 0 Å². The van der Waals surface area contributed by atoms with E-state index in [9.17, 15) is 5.11 Å². The second-order valence-electron chi connectivity index (χ2n) is 9.90. The summed E-state index contributed by atoms with van der Waals surface area (Å²) in [6.45, 7) is 4.25. The number of nitrogen functional groups attached to an aromatic ring is 1. The standard InChI is InChI=1S/C29H40N8O2/c1-7-19-16-32-29(33-23-14-22(30)25(15-26(23)39-6)36(5)13-12-35(3)4)34-28(19)21-17-37(18-27(38)31-2)24-11-9-8-10-20(21)24/h8-11,14-17,27,31,38H,7,12-13,18,30H2,1-6H3,(H,32,33,34). The highest BCUT2D eigenvalue weighted by Crippen LogP contribution is 2.37. The monoisotopic (exact) mass is 532 g/mol. The van der Waals surface area contributed by atoms with Crippen LogP contribution in [0, 0.1) is 0 Å². The molecule has 0 amide bonds. The zero-order valence-electron chi connectivity index (χ0n) is 23.7. The van der Waals surface area contributed by atoms with Gasteiger partial charge in [0.15, 0.2) is 0 Å². The van der Waals surface area contributed by atoms with Crippen molar-refractivity contribution < 1.29 is 9.84 Å². The molecule has 5 N–H and O–H groups in total. The molecule has 0 saturated heterocycles. The van der Waals surface area contributed by atoms with E-state index in [2.05, 4.69) is 49.0 Å². The van der Waals surface area contributed by atoms with E-state index in [1.54, 1.807) is 14.2 Å². The molecule has 0 bridgehead atoms. The summed E-state index contributed by atoms with van der Waals surface area (Å²) in [4.78, 5) is 13.8. The smallest absolute Gasteiger partial charge is 0.227 e. The minimum atomic E-state index is -0.662. The van der Waals surface area contributed by atoms with Crippen LogP contribution in [-0.4, -0.2) is 79.2 Å². The number of fused-ring (bicyclic) bond motifs is 1. The van der Waals surface area contributed by atoms with Gasteiger partial charge in [0.05, 0.1) is 36.4 Å². The lowest BCUT2D eigenvalue weighted by Gasteiger charge is -2.24. The second-order valence-corrected chi connectivity index (χ2v) is 9.90. The number of nitrogens with zero attached hydrogens (tertiary/aromatic N) is 5. The van der Waals surface area contributed by atoms with Gasteiger partial charge in [-0.3, -0.25) is 5.32 Å². The van der Waals surface area contributed by atoms with Crippen molar-refractivity contribution >= 4 is 33.9 Å². The minimum Gasteiger partial charge on any atom is -0.494 e. The molecule has 4 rings (SSSR count). The minimum absolute atomic E-state index is 0.417. The molecule has 208 valence electrons. The molecule has 0 spiro atoms. The van der Waals surface area contributed by atoms with Crippen molar-refractivity contribution in [3.8, 4) is 17.0 Å². The summed E-state index contributed by atoms with van der Waals surface area (Å²) in [6.07, 6.45) is 4.02. The lowest BCUT2D eigenvalue weighted by molar-refractivity contribution is 0.129. The number of ether oxygens (including phenoxy) is 1. The summed E-state index contributed by atoms with van der Waals surface area (Å²) in [5.74, 6) is 1.10. The number of benzene rings is 2. The molecule has 1 unspecified atom stereocenters. The van der Waals surface area contributed by atoms with Gasteiger partial charge < -0.3 is 35.3 Å². The second kappa shape index (κ2) is 12.3. The predicted molar refractivity (Wildman–Crippen MR) is 160 cm³/mol. The van der Waals surface area contributed by atoms with Crippen LogP contribution in [0.25, 0.3) is 22.2 Å². The van der Waals surface area contributed by atoms with E-state index in [1.165, 1.54) is 0 Å². The highest BCUT2D eigenvalue weighted by molar-refractivity contribution is 5.96. The summed E-state index contributed by atoms with van der Waals surface area (Å²) < 4.78 is 7.76. The van der Waals surface area contributed by atoms with Crippen molar-refractivity contribution in [2.45, 2.75) is 26.1 Å². The molecular formula is C29H40N8O2. The molecule has 10 heteroatoms. The van der Waals surface area contributed by atoms with E-state index in [4.69, 9.17) is 15.5 Å². The Bertz CT molecular complexity index is 1420. The average Bonchev–Trinajstić information content (AvgIpc) is 3.29. The zero-order chi connectivity index (χ0) is 28.1. The summed E-state index contributed by atoms with van der Waals surface area (Å²) in [5, 5.41) is 17.5. The average molecular weight is 533 g/mol. The van der Waals surface area contributed by atoms with Crippen molar-refractivity contribution in [3.63, 3.8) is 0 Å². The maximum Gasteiger partial charge on any atom is 0.227 e. The number of hydrogen-bond donors (Lipinski definition) is 4. The number of anilines is 4. The number of aliphatic hydroxyl groups excluding tert-OH is 1. The molecule has 0 aliphatic rings. The first kappa shape index (κ1) is 28.2. The van der Waals surface area contributed by atoms with Gasteiger partial charge in [0.1, 0.15) is 12.0 Å². The predicted octanol–water partition coefficient (Wildman–Crippen LogP) is 3.53. The van der Waals surface area contributed by atoms with Crippen molar-refractivity contribution in [2.24, 2.45) is 0 Å². The summed E-state index contributed by atoms with van der Waals surface area (Å²) in [6, 6.07) is 12.0. The fourth-order valence-electron chi connectivity index (χ4n) is 4.60. The van der Waals surface area contributed by atoms with Crippen LogP contribution < -0.4 is 26.0 Å². The molecule has 0 saturated carbocycles. The maximum atomic E-state index is 10.2. The van der Waals surface area contributed by atoms with Crippen LogP contribution in [0.3, 0.4) is 0 Å².